The third kappa shape index (κ3) is 5.13. The smallest absolute Gasteiger partial charge is 0.270 e. The van der Waals surface area contributed by atoms with Crippen LogP contribution < -0.4 is 10.4 Å². The number of carbonyl (C=O) groups excluding carboxylic acids is 2. The average Bonchev–Trinajstić information content (AvgIpc) is 2.59. The molecule has 9 nitrogen and oxygen atoms in total. The molecule has 0 heterocycles. The van der Waals surface area contributed by atoms with Crippen molar-refractivity contribution in [2.24, 2.45) is 5.16 Å². The number of amides is 1. The van der Waals surface area contributed by atoms with Gasteiger partial charge in [-0.05, 0) is 6.07 Å². The number of anilines is 1. The van der Waals surface area contributed by atoms with Crippen LogP contribution >= 0.6 is 0 Å². The number of oxime groups is 1. The lowest BCUT2D eigenvalue weighted by Crippen LogP contribution is -2.25. The Kier molecular flexibility index (Phi) is 5.77. The SMILES string of the molecule is O=C(CO/N=C/c1cccc([N+](=O)[O-])c1)Nc1ccccc1C(=O)[O-]. The monoisotopic (exact) mass is 342 g/mol. The van der Waals surface area contributed by atoms with Crippen LogP contribution in [-0.4, -0.2) is 29.6 Å². The fraction of sp³-hybridized carbons (Fsp3) is 0.0625. The molecule has 0 fully saturated rings. The first-order valence-electron chi connectivity index (χ1n) is 6.97. The molecule has 0 saturated heterocycles. The minimum Gasteiger partial charge on any atom is -0.545 e. The highest BCUT2D eigenvalue weighted by Gasteiger charge is 2.08. The topological polar surface area (TPSA) is 134 Å². The lowest BCUT2D eigenvalue weighted by atomic mass is 10.2. The first-order chi connectivity index (χ1) is 12.0. The number of aromatic carboxylic acids is 1. The number of nitro benzene ring substituents is 1. The molecule has 0 aliphatic rings. The molecule has 0 aliphatic heterocycles. The number of hydrogen-bond donors (Lipinski definition) is 1. The summed E-state index contributed by atoms with van der Waals surface area (Å²) in [6.07, 6.45) is 1.22. The summed E-state index contributed by atoms with van der Waals surface area (Å²) in [4.78, 5) is 37.6. The maximum absolute atomic E-state index is 11.7. The third-order valence-electron chi connectivity index (χ3n) is 2.97. The second-order valence-electron chi connectivity index (χ2n) is 4.74. The Balaban J connectivity index is 1.90. The number of para-hydroxylation sites is 1. The predicted molar refractivity (Wildman–Crippen MR) is 86.0 cm³/mol. The van der Waals surface area contributed by atoms with E-state index in [0.717, 1.165) is 0 Å². The van der Waals surface area contributed by atoms with E-state index in [1.165, 1.54) is 42.6 Å². The highest BCUT2D eigenvalue weighted by Crippen LogP contribution is 2.14. The molecular formula is C16H12N3O6-. The highest BCUT2D eigenvalue weighted by molar-refractivity contribution is 6.00. The molecule has 25 heavy (non-hydrogen) atoms. The Hall–Kier alpha value is -3.75. The van der Waals surface area contributed by atoms with Gasteiger partial charge in [-0.25, -0.2) is 0 Å². The van der Waals surface area contributed by atoms with Gasteiger partial charge in [0.05, 0.1) is 17.1 Å². The van der Waals surface area contributed by atoms with Gasteiger partial charge in [0.15, 0.2) is 6.61 Å². The van der Waals surface area contributed by atoms with E-state index >= 15 is 0 Å². The highest BCUT2D eigenvalue weighted by atomic mass is 16.6. The first kappa shape index (κ1) is 17.6. The number of nitrogens with zero attached hydrogens (tertiary/aromatic N) is 2. The molecular weight excluding hydrogens is 330 g/mol. The van der Waals surface area contributed by atoms with Gasteiger partial charge in [0.1, 0.15) is 0 Å². The fourth-order valence-electron chi connectivity index (χ4n) is 1.87. The molecule has 128 valence electrons. The number of benzene rings is 2. The third-order valence-corrected chi connectivity index (χ3v) is 2.97. The lowest BCUT2D eigenvalue weighted by Gasteiger charge is -2.10. The minimum absolute atomic E-state index is 0.0822. The molecule has 2 aromatic rings. The number of carbonyl (C=O) groups is 2. The number of nitro groups is 1. The van der Waals surface area contributed by atoms with Crippen LogP contribution in [0.1, 0.15) is 15.9 Å². The van der Waals surface area contributed by atoms with Crippen LogP contribution in [0.4, 0.5) is 11.4 Å². The average molecular weight is 342 g/mol. The van der Waals surface area contributed by atoms with Gasteiger partial charge in [0.25, 0.3) is 11.6 Å². The van der Waals surface area contributed by atoms with Crippen molar-refractivity contribution in [3.05, 3.63) is 69.8 Å². The van der Waals surface area contributed by atoms with Gasteiger partial charge in [-0.3, -0.25) is 14.9 Å². The molecule has 9 heteroatoms. The molecule has 0 saturated carbocycles. The molecule has 2 rings (SSSR count). The van der Waals surface area contributed by atoms with Crippen LogP contribution in [0, 0.1) is 10.1 Å². The van der Waals surface area contributed by atoms with Gasteiger partial charge in [0.2, 0.25) is 0 Å². The molecule has 0 radical (unpaired) electrons. The molecule has 1 amide bonds. The summed E-state index contributed by atoms with van der Waals surface area (Å²) in [6.45, 7) is -0.465. The summed E-state index contributed by atoms with van der Waals surface area (Å²) in [5, 5.41) is 27.5. The van der Waals surface area contributed by atoms with Crippen LogP contribution in [0.3, 0.4) is 0 Å². The van der Waals surface area contributed by atoms with Gasteiger partial charge >= 0.3 is 0 Å². The zero-order valence-electron chi connectivity index (χ0n) is 12.7. The molecule has 0 unspecified atom stereocenters. The van der Waals surface area contributed by atoms with Crippen molar-refractivity contribution in [1.29, 1.82) is 0 Å². The molecule has 2 aromatic carbocycles. The van der Waals surface area contributed by atoms with E-state index in [-0.39, 0.29) is 16.9 Å². The Morgan fingerprint density at radius 2 is 1.96 bits per heavy atom. The van der Waals surface area contributed by atoms with Crippen LogP contribution in [0.2, 0.25) is 0 Å². The minimum atomic E-state index is -1.42. The molecule has 0 atom stereocenters. The summed E-state index contributed by atoms with van der Waals surface area (Å²) < 4.78 is 0. The number of rotatable bonds is 7. The zero-order valence-corrected chi connectivity index (χ0v) is 12.7. The lowest BCUT2D eigenvalue weighted by molar-refractivity contribution is -0.384. The van der Waals surface area contributed by atoms with Gasteiger partial charge in [-0.15, -0.1) is 0 Å². The van der Waals surface area contributed by atoms with Crippen molar-refractivity contribution in [2.75, 3.05) is 11.9 Å². The van der Waals surface area contributed by atoms with Crippen LogP contribution in [0.5, 0.6) is 0 Å². The van der Waals surface area contributed by atoms with Crippen molar-refractivity contribution in [3.63, 3.8) is 0 Å². The van der Waals surface area contributed by atoms with E-state index < -0.39 is 23.4 Å². The van der Waals surface area contributed by atoms with E-state index in [0.29, 0.717) is 5.56 Å². The van der Waals surface area contributed by atoms with Crippen molar-refractivity contribution in [3.8, 4) is 0 Å². The van der Waals surface area contributed by atoms with E-state index in [1.54, 1.807) is 12.1 Å². The summed E-state index contributed by atoms with van der Waals surface area (Å²) >= 11 is 0. The molecule has 0 spiro atoms. The van der Waals surface area contributed by atoms with Crippen molar-refractivity contribution in [1.82, 2.24) is 0 Å². The maximum Gasteiger partial charge on any atom is 0.270 e. The van der Waals surface area contributed by atoms with Crippen LogP contribution in [0.15, 0.2) is 53.7 Å². The zero-order chi connectivity index (χ0) is 18.2. The molecule has 0 aromatic heterocycles. The quantitative estimate of drug-likeness (QED) is 0.452. The largest absolute Gasteiger partial charge is 0.545 e. The first-order valence-corrected chi connectivity index (χ1v) is 6.97. The van der Waals surface area contributed by atoms with Crippen molar-refractivity contribution >= 4 is 29.5 Å². The maximum atomic E-state index is 11.7. The number of nitrogens with one attached hydrogen (secondary N) is 1. The van der Waals surface area contributed by atoms with E-state index in [4.69, 9.17) is 4.84 Å². The molecule has 1 N–H and O–H groups in total. The second-order valence-corrected chi connectivity index (χ2v) is 4.74. The summed E-state index contributed by atoms with van der Waals surface area (Å²) in [5.74, 6) is -2.04. The normalized spacial score (nSPS) is 10.4. The summed E-state index contributed by atoms with van der Waals surface area (Å²) in [5.41, 5.74) is 0.257. The van der Waals surface area contributed by atoms with Gasteiger partial charge in [-0.2, -0.15) is 0 Å². The second kappa shape index (κ2) is 8.20. The van der Waals surface area contributed by atoms with Gasteiger partial charge in [0, 0.05) is 28.9 Å². The Morgan fingerprint density at radius 1 is 1.20 bits per heavy atom. The summed E-state index contributed by atoms with van der Waals surface area (Å²) in [7, 11) is 0. The van der Waals surface area contributed by atoms with E-state index in [2.05, 4.69) is 10.5 Å². The van der Waals surface area contributed by atoms with Crippen LogP contribution in [-0.2, 0) is 9.63 Å². The molecule has 0 aliphatic carbocycles. The number of non-ortho nitro benzene ring substituents is 1. The van der Waals surface area contributed by atoms with Crippen molar-refractivity contribution in [2.45, 2.75) is 0 Å². The summed E-state index contributed by atoms with van der Waals surface area (Å²) in [6, 6.07) is 11.5. The number of hydrogen-bond acceptors (Lipinski definition) is 7. The van der Waals surface area contributed by atoms with Gasteiger partial charge in [-0.1, -0.05) is 35.5 Å². The number of carboxylic acids is 1. The predicted octanol–water partition coefficient (Wildman–Crippen LogP) is 0.948. The Bertz CT molecular complexity index is 834. The Labute approximate surface area is 141 Å². The van der Waals surface area contributed by atoms with Crippen molar-refractivity contribution < 1.29 is 24.5 Å². The van der Waals surface area contributed by atoms with Gasteiger partial charge < -0.3 is 20.1 Å². The fourth-order valence-corrected chi connectivity index (χ4v) is 1.87. The van der Waals surface area contributed by atoms with Crippen LogP contribution in [0.25, 0.3) is 0 Å². The molecule has 0 bridgehead atoms. The van der Waals surface area contributed by atoms with E-state index in [1.807, 2.05) is 0 Å². The number of carboxylic acid groups (broad SMARTS) is 1. The Morgan fingerprint density at radius 3 is 2.68 bits per heavy atom. The van der Waals surface area contributed by atoms with E-state index in [9.17, 15) is 24.8 Å². The standard InChI is InChI=1S/C16H13N3O6/c20-15(18-14-7-2-1-6-13(14)16(21)22)10-25-17-9-11-4-3-5-12(8-11)19(23)24/h1-9H,10H2,(H,18,20)(H,21,22)/p-1/b17-9+.